The number of esters is 2. The van der Waals surface area contributed by atoms with Gasteiger partial charge in [-0.1, -0.05) is 19.1 Å². The second-order valence-corrected chi connectivity index (χ2v) is 15.7. The molecule has 0 spiro atoms. The Morgan fingerprint density at radius 3 is 2.31 bits per heavy atom. The lowest BCUT2D eigenvalue weighted by Gasteiger charge is -2.62. The number of hydrogen-bond acceptors (Lipinski definition) is 18. The molecule has 2 unspecified atom stereocenters. The summed E-state index contributed by atoms with van der Waals surface area (Å²) in [6, 6.07) is 4.07. The lowest BCUT2D eigenvalue weighted by Crippen LogP contribution is -2.70. The van der Waals surface area contributed by atoms with Crippen molar-refractivity contribution in [1.29, 1.82) is 0 Å². The van der Waals surface area contributed by atoms with Crippen LogP contribution in [0.5, 0.6) is 11.5 Å². The molecule has 2 saturated carbocycles. The molecular formula is C40H46F2N2O18. The lowest BCUT2D eigenvalue weighted by atomic mass is 9.45. The number of allylic oxidation sites excluding steroid dienone is 4. The van der Waals surface area contributed by atoms with Crippen molar-refractivity contribution in [3.05, 3.63) is 73.6 Å². The number of ether oxygens (including phenoxy) is 5. The fraction of sp³-hybridized carbons (Fsp3) is 0.575. The summed E-state index contributed by atoms with van der Waals surface area (Å²) in [5.41, 5.74) is -8.62. The van der Waals surface area contributed by atoms with Gasteiger partial charge in [0.1, 0.15) is 11.9 Å². The van der Waals surface area contributed by atoms with Gasteiger partial charge in [-0.25, -0.2) is 18.4 Å². The van der Waals surface area contributed by atoms with E-state index in [2.05, 4.69) is 9.68 Å². The van der Waals surface area contributed by atoms with Crippen LogP contribution in [0.4, 0.5) is 13.6 Å². The van der Waals surface area contributed by atoms with E-state index in [1.807, 2.05) is 0 Å². The number of hydrogen-bond donors (Lipinski definition) is 2. The maximum atomic E-state index is 17.8. The number of methoxy groups -OCH3 is 1. The molecule has 2 fully saturated rings. The molecule has 22 heteroatoms. The molecule has 0 aliphatic heterocycles. The van der Waals surface area contributed by atoms with E-state index in [-0.39, 0.29) is 43.1 Å². The fourth-order valence-corrected chi connectivity index (χ4v) is 9.46. The molecular weight excluding hydrogens is 834 g/mol. The third-order valence-electron chi connectivity index (χ3n) is 12.3. The van der Waals surface area contributed by atoms with Crippen molar-refractivity contribution in [2.45, 2.75) is 88.7 Å². The number of aliphatic hydroxyl groups excluding tert-OH is 2. The summed E-state index contributed by atoms with van der Waals surface area (Å²) in [7, 11) is 1.24. The highest BCUT2D eigenvalue weighted by Gasteiger charge is 2.78. The zero-order valence-electron chi connectivity index (χ0n) is 33.9. The molecule has 0 bridgehead atoms. The number of nitrogens with zero attached hydrogens (tertiary/aromatic N) is 2. The third kappa shape index (κ3) is 9.10. The summed E-state index contributed by atoms with van der Waals surface area (Å²) >= 11 is 0. The van der Waals surface area contributed by atoms with Crippen LogP contribution >= 0.6 is 0 Å². The zero-order valence-corrected chi connectivity index (χ0v) is 33.9. The van der Waals surface area contributed by atoms with Gasteiger partial charge in [-0.15, -0.1) is 20.2 Å². The molecule has 8 atom stereocenters. The van der Waals surface area contributed by atoms with Gasteiger partial charge in [0, 0.05) is 42.1 Å². The van der Waals surface area contributed by atoms with Crippen LogP contribution in [0.25, 0.3) is 6.08 Å². The van der Waals surface area contributed by atoms with Gasteiger partial charge in [0.2, 0.25) is 11.4 Å². The molecule has 0 amide bonds. The van der Waals surface area contributed by atoms with Gasteiger partial charge in [0.25, 0.3) is 10.2 Å². The van der Waals surface area contributed by atoms with Crippen molar-refractivity contribution >= 4 is 35.7 Å². The van der Waals surface area contributed by atoms with E-state index in [9.17, 15) is 54.4 Å². The molecule has 62 heavy (non-hydrogen) atoms. The van der Waals surface area contributed by atoms with Crippen molar-refractivity contribution < 1.29 is 86.5 Å². The second-order valence-electron chi connectivity index (χ2n) is 15.7. The number of Topliss-reactive ketones (excluding diaryl/α,β-unsaturated/α-hetero) is 1. The van der Waals surface area contributed by atoms with E-state index in [0.717, 1.165) is 12.2 Å². The van der Waals surface area contributed by atoms with Crippen LogP contribution in [0.3, 0.4) is 0 Å². The topological polar surface area (TPSA) is 277 Å². The molecule has 0 aromatic heterocycles. The number of carbonyl (C=O) groups is 5. The van der Waals surface area contributed by atoms with Crippen molar-refractivity contribution in [1.82, 2.24) is 0 Å². The van der Waals surface area contributed by atoms with E-state index in [4.69, 9.17) is 23.7 Å². The maximum Gasteiger partial charge on any atom is 0.514 e. The molecule has 20 nitrogen and oxygen atoms in total. The van der Waals surface area contributed by atoms with E-state index in [1.165, 1.54) is 51.3 Å². The Kier molecular flexibility index (Phi) is 14.4. The minimum atomic E-state index is -2.64. The summed E-state index contributed by atoms with van der Waals surface area (Å²) in [6.45, 7) is 0.831. The predicted molar refractivity (Wildman–Crippen MR) is 203 cm³/mol. The van der Waals surface area contributed by atoms with Crippen LogP contribution in [-0.4, -0.2) is 107 Å². The number of aliphatic hydroxyl groups is 2. The van der Waals surface area contributed by atoms with Crippen molar-refractivity contribution in [2.75, 3.05) is 33.5 Å². The largest absolute Gasteiger partial charge is 0.514 e. The molecule has 1 aromatic rings. The van der Waals surface area contributed by atoms with Crippen LogP contribution in [0.2, 0.25) is 0 Å². The van der Waals surface area contributed by atoms with Gasteiger partial charge in [-0.3, -0.25) is 14.4 Å². The molecule has 0 radical (unpaired) electrons. The van der Waals surface area contributed by atoms with Crippen LogP contribution in [0.1, 0.15) is 70.8 Å². The fourth-order valence-electron chi connectivity index (χ4n) is 9.46. The third-order valence-corrected chi connectivity index (χ3v) is 12.3. The predicted octanol–water partition coefficient (Wildman–Crippen LogP) is 4.23. The smallest absolute Gasteiger partial charge is 0.493 e. The Bertz CT molecular complexity index is 2060. The Morgan fingerprint density at radius 2 is 1.63 bits per heavy atom. The van der Waals surface area contributed by atoms with Crippen molar-refractivity contribution in [3.8, 4) is 11.5 Å². The summed E-state index contributed by atoms with van der Waals surface area (Å²) in [5.74, 6) is -7.13. The highest BCUT2D eigenvalue weighted by molar-refractivity contribution is 5.95. The number of halogens is 2. The zero-order chi connectivity index (χ0) is 45.6. The quantitative estimate of drug-likeness (QED) is 0.0374. The SMILES string of the molecule is COc1cc(C=CC(=O)OCCCCO[N+](=O)[O-])ccc1OC(=O)OCC(=O)[C@@]1(OC(=O)CCCO[N+](=O)[O-])[C@H](O)CC2C3CC(F)=C4CC(=O)C=C[C@]4(C)[C@@]3(F)[C@@H](O)C[C@@]21C. The van der Waals surface area contributed by atoms with Crippen molar-refractivity contribution in [3.63, 3.8) is 0 Å². The minimum Gasteiger partial charge on any atom is -0.493 e. The molecule has 0 heterocycles. The number of ketones is 2. The van der Waals surface area contributed by atoms with Crippen LogP contribution in [0, 0.1) is 42.9 Å². The molecule has 338 valence electrons. The summed E-state index contributed by atoms with van der Waals surface area (Å²) in [4.78, 5) is 94.4. The first-order valence-electron chi connectivity index (χ1n) is 19.6. The lowest BCUT2D eigenvalue weighted by molar-refractivity contribution is -0.757. The molecule has 2 N–H and O–H groups in total. The summed E-state index contributed by atoms with van der Waals surface area (Å²) < 4.78 is 60.2. The van der Waals surface area contributed by atoms with Gasteiger partial charge in [0.15, 0.2) is 29.6 Å². The average molecular weight is 881 g/mol. The monoisotopic (exact) mass is 880 g/mol. The van der Waals surface area contributed by atoms with Gasteiger partial charge in [0.05, 0.1) is 33.0 Å². The highest BCUT2D eigenvalue weighted by atomic mass is 19.1. The van der Waals surface area contributed by atoms with Gasteiger partial charge in [-0.05, 0) is 80.4 Å². The van der Waals surface area contributed by atoms with Crippen LogP contribution < -0.4 is 9.47 Å². The first-order chi connectivity index (χ1) is 29.2. The maximum absolute atomic E-state index is 17.8. The van der Waals surface area contributed by atoms with Gasteiger partial charge >= 0.3 is 18.1 Å². The number of rotatable bonds is 19. The van der Waals surface area contributed by atoms with Crippen molar-refractivity contribution in [2.24, 2.45) is 22.7 Å². The number of carbonyl (C=O) groups excluding carboxylic acids is 5. The standard InChI is InChI=1S/C40H46F2N2O18/c1-37-13-12-24(45)18-27(37)28(41)19-26-25-20-31(46)40(38(25,2)21-32(47)39(26,37)42,62-35(50)7-6-16-60-44(54)55)33(48)22-58-36(51)61-29-10-8-23(17-30(29)56-3)9-11-34(49)57-14-4-5-15-59-43(52)53/h8-13,17,25-26,31-32,46-47H,4-7,14-16,18-22H2,1-3H3/t25?,26?,31-,32+,37+,38+,39+,40+/m1/s1. The van der Waals surface area contributed by atoms with E-state index >= 15 is 8.78 Å². The molecule has 4 aliphatic rings. The molecule has 4 aliphatic carbocycles. The highest BCUT2D eigenvalue weighted by Crippen LogP contribution is 2.70. The average Bonchev–Trinajstić information content (AvgIpc) is 3.43. The Morgan fingerprint density at radius 1 is 0.952 bits per heavy atom. The van der Waals surface area contributed by atoms with E-state index in [1.54, 1.807) is 0 Å². The Hall–Kier alpha value is -6.03. The van der Waals surface area contributed by atoms with E-state index in [0.29, 0.717) is 12.0 Å². The summed E-state index contributed by atoms with van der Waals surface area (Å²) in [6.07, 6.45) is -2.89. The van der Waals surface area contributed by atoms with E-state index < -0.39 is 137 Å². The second kappa shape index (κ2) is 18.9. The number of alkyl halides is 1. The molecule has 0 saturated heterocycles. The van der Waals surface area contributed by atoms with Gasteiger partial charge < -0.3 is 43.6 Å². The number of unbranched alkanes of at least 4 members (excludes halogenated alkanes) is 1. The summed E-state index contributed by atoms with van der Waals surface area (Å²) in [5, 5.41) is 42.4. The van der Waals surface area contributed by atoms with Crippen LogP contribution in [0.15, 0.2) is 47.8 Å². The Labute approximate surface area is 351 Å². The number of fused-ring (bicyclic) bond motifs is 5. The van der Waals surface area contributed by atoms with Crippen LogP contribution in [-0.2, 0) is 43.1 Å². The van der Waals surface area contributed by atoms with Gasteiger partial charge in [-0.2, -0.15) is 0 Å². The Balaban J connectivity index is 1.33. The normalized spacial score (nSPS) is 29.8. The molecule has 5 rings (SSSR count). The minimum absolute atomic E-state index is 0.0186. The molecule has 1 aromatic carbocycles. The number of benzene rings is 1. The first-order valence-corrected chi connectivity index (χ1v) is 19.6. The first kappa shape index (κ1) is 47.0.